The van der Waals surface area contributed by atoms with Crippen molar-refractivity contribution in [3.63, 3.8) is 0 Å². The van der Waals surface area contributed by atoms with Gasteiger partial charge in [0.25, 0.3) is 0 Å². The fraction of sp³-hybridized carbons (Fsp3) is 0.500. The van der Waals surface area contributed by atoms with Gasteiger partial charge in [-0.15, -0.1) is 0 Å². The van der Waals surface area contributed by atoms with E-state index in [2.05, 4.69) is 10.6 Å². The molecule has 0 aromatic rings. The minimum atomic E-state index is -1.64. The Balaban J connectivity index is 4.93. The van der Waals surface area contributed by atoms with Gasteiger partial charge in [-0.25, -0.2) is 4.79 Å². The molecule has 0 saturated heterocycles. The molecule has 5 amide bonds. The van der Waals surface area contributed by atoms with E-state index in [0.29, 0.717) is 0 Å². The molecular formula is C12H20N6O7. The van der Waals surface area contributed by atoms with Gasteiger partial charge in [0, 0.05) is 0 Å². The Kier molecular flexibility index (Phi) is 9.18. The molecule has 13 nitrogen and oxygen atoms in total. The van der Waals surface area contributed by atoms with Crippen molar-refractivity contribution in [1.29, 1.82) is 0 Å². The molecule has 0 bridgehead atoms. The molecular weight excluding hydrogens is 340 g/mol. The van der Waals surface area contributed by atoms with Crippen molar-refractivity contribution in [1.82, 2.24) is 16.0 Å². The van der Waals surface area contributed by atoms with Crippen LogP contribution in [0, 0.1) is 0 Å². The third-order valence-electron chi connectivity index (χ3n) is 2.71. The van der Waals surface area contributed by atoms with Crippen LogP contribution in [0.15, 0.2) is 0 Å². The fourth-order valence-electron chi connectivity index (χ4n) is 1.58. The first kappa shape index (κ1) is 21.8. The molecule has 0 spiro atoms. The molecule has 25 heavy (non-hydrogen) atoms. The van der Waals surface area contributed by atoms with Crippen LogP contribution in [0.25, 0.3) is 0 Å². The first-order valence-corrected chi connectivity index (χ1v) is 6.92. The summed E-state index contributed by atoms with van der Waals surface area (Å²) in [5, 5.41) is 15.1. The van der Waals surface area contributed by atoms with Crippen LogP contribution >= 0.6 is 0 Å². The minimum Gasteiger partial charge on any atom is -0.480 e. The van der Waals surface area contributed by atoms with Gasteiger partial charge >= 0.3 is 5.97 Å². The summed E-state index contributed by atoms with van der Waals surface area (Å²) < 4.78 is 0. The Hall–Kier alpha value is -3.22. The molecule has 2 unspecified atom stereocenters. The van der Waals surface area contributed by atoms with Gasteiger partial charge in [0.05, 0.1) is 25.9 Å². The molecule has 0 aliphatic rings. The minimum absolute atomic E-state index is 0.355. The number of hydrogen-bond donors (Lipinski definition) is 7. The molecule has 13 heteroatoms. The second-order valence-electron chi connectivity index (χ2n) is 4.84. The number of carbonyl (C=O) groups is 6. The van der Waals surface area contributed by atoms with E-state index < -0.39 is 67.0 Å². The van der Waals surface area contributed by atoms with Gasteiger partial charge in [0.1, 0.15) is 12.1 Å². The Bertz CT molecular complexity index is 564. The van der Waals surface area contributed by atoms with Crippen molar-refractivity contribution in [3.05, 3.63) is 0 Å². The van der Waals surface area contributed by atoms with E-state index in [9.17, 15) is 28.8 Å². The number of hydrogen-bond acceptors (Lipinski definition) is 7. The number of carboxylic acid groups (broad SMARTS) is 1. The number of carboxylic acids is 1. The van der Waals surface area contributed by atoms with Gasteiger partial charge in [0.15, 0.2) is 0 Å². The molecule has 0 heterocycles. The van der Waals surface area contributed by atoms with Gasteiger partial charge in [-0.05, 0) is 0 Å². The molecule has 0 saturated carbocycles. The third kappa shape index (κ3) is 9.50. The van der Waals surface area contributed by atoms with Crippen molar-refractivity contribution in [2.75, 3.05) is 13.1 Å². The first-order chi connectivity index (χ1) is 11.6. The smallest absolute Gasteiger partial charge is 0.326 e. The lowest BCUT2D eigenvalue weighted by Gasteiger charge is -2.20. The SMILES string of the molecule is NCC(=O)NCC(=O)NC(CC(N)=O)C(=O)NC(CC(N)=O)C(=O)O. The lowest BCUT2D eigenvalue weighted by atomic mass is 10.1. The van der Waals surface area contributed by atoms with E-state index >= 15 is 0 Å². The maximum Gasteiger partial charge on any atom is 0.326 e. The fourth-order valence-corrected chi connectivity index (χ4v) is 1.58. The molecule has 0 aromatic heterocycles. The van der Waals surface area contributed by atoms with Crippen LogP contribution in [-0.2, 0) is 28.8 Å². The van der Waals surface area contributed by atoms with Crippen LogP contribution in [0.2, 0.25) is 0 Å². The lowest BCUT2D eigenvalue weighted by Crippen LogP contribution is -2.54. The normalized spacial score (nSPS) is 12.4. The molecule has 0 aliphatic carbocycles. The van der Waals surface area contributed by atoms with Crippen LogP contribution in [0.5, 0.6) is 0 Å². The second kappa shape index (κ2) is 10.5. The summed E-state index contributed by atoms with van der Waals surface area (Å²) >= 11 is 0. The number of rotatable bonds is 11. The van der Waals surface area contributed by atoms with Gasteiger partial charge in [-0.3, -0.25) is 24.0 Å². The molecule has 0 rings (SSSR count). The molecule has 10 N–H and O–H groups in total. The molecule has 2 atom stereocenters. The number of carbonyl (C=O) groups excluding carboxylic acids is 5. The summed E-state index contributed by atoms with van der Waals surface area (Å²) in [7, 11) is 0. The van der Waals surface area contributed by atoms with E-state index in [1.54, 1.807) is 0 Å². The molecule has 0 aliphatic heterocycles. The summed E-state index contributed by atoms with van der Waals surface area (Å²) in [5.41, 5.74) is 14.9. The van der Waals surface area contributed by atoms with Gasteiger partial charge in [0.2, 0.25) is 29.5 Å². The predicted octanol–water partition coefficient (Wildman–Crippen LogP) is -5.13. The first-order valence-electron chi connectivity index (χ1n) is 6.92. The number of amides is 5. The Morgan fingerprint density at radius 1 is 0.840 bits per heavy atom. The zero-order valence-corrected chi connectivity index (χ0v) is 13.1. The van der Waals surface area contributed by atoms with Gasteiger partial charge in [-0.2, -0.15) is 0 Å². The van der Waals surface area contributed by atoms with E-state index in [1.165, 1.54) is 0 Å². The molecule has 0 aromatic carbocycles. The maximum absolute atomic E-state index is 12.0. The zero-order chi connectivity index (χ0) is 19.6. The number of primary amides is 2. The van der Waals surface area contributed by atoms with Crippen LogP contribution < -0.4 is 33.2 Å². The van der Waals surface area contributed by atoms with Crippen LogP contribution in [0.1, 0.15) is 12.8 Å². The lowest BCUT2D eigenvalue weighted by molar-refractivity contribution is -0.143. The summed E-state index contributed by atoms with van der Waals surface area (Å²) in [5.74, 6) is -6.00. The number of aliphatic carboxylic acids is 1. The largest absolute Gasteiger partial charge is 0.480 e. The highest BCUT2D eigenvalue weighted by Gasteiger charge is 2.28. The van der Waals surface area contributed by atoms with Crippen LogP contribution in [-0.4, -0.2) is 65.8 Å². The van der Waals surface area contributed by atoms with Crippen molar-refractivity contribution >= 4 is 35.5 Å². The van der Waals surface area contributed by atoms with Gasteiger partial charge in [-0.1, -0.05) is 0 Å². The predicted molar refractivity (Wildman–Crippen MR) is 81.2 cm³/mol. The Morgan fingerprint density at radius 3 is 1.80 bits per heavy atom. The molecule has 0 radical (unpaired) electrons. The maximum atomic E-state index is 12.0. The third-order valence-corrected chi connectivity index (χ3v) is 2.71. The van der Waals surface area contributed by atoms with E-state index in [1.807, 2.05) is 5.32 Å². The Labute approximate surface area is 141 Å². The highest BCUT2D eigenvalue weighted by molar-refractivity contribution is 5.95. The Morgan fingerprint density at radius 2 is 1.36 bits per heavy atom. The van der Waals surface area contributed by atoms with Crippen molar-refractivity contribution in [3.8, 4) is 0 Å². The monoisotopic (exact) mass is 360 g/mol. The van der Waals surface area contributed by atoms with Gasteiger partial charge < -0.3 is 38.3 Å². The zero-order valence-electron chi connectivity index (χ0n) is 13.1. The highest BCUT2D eigenvalue weighted by Crippen LogP contribution is 1.97. The highest BCUT2D eigenvalue weighted by atomic mass is 16.4. The topological polar surface area (TPSA) is 237 Å². The quantitative estimate of drug-likeness (QED) is 0.187. The summed E-state index contributed by atoms with van der Waals surface area (Å²) in [6, 6.07) is -3.15. The van der Waals surface area contributed by atoms with E-state index in [-0.39, 0.29) is 6.54 Å². The van der Waals surface area contributed by atoms with Crippen LogP contribution in [0.3, 0.4) is 0 Å². The molecule has 140 valence electrons. The van der Waals surface area contributed by atoms with E-state index in [4.69, 9.17) is 22.3 Å². The molecule has 0 fully saturated rings. The average Bonchev–Trinajstić information content (AvgIpc) is 2.50. The van der Waals surface area contributed by atoms with Crippen molar-refractivity contribution in [2.45, 2.75) is 24.9 Å². The summed E-state index contributed by atoms with van der Waals surface area (Å²) in [6.07, 6.45) is -1.32. The van der Waals surface area contributed by atoms with E-state index in [0.717, 1.165) is 0 Å². The standard InChI is InChI=1S/C12H20N6O7/c13-3-9(21)16-4-10(22)17-5(1-7(14)19)11(23)18-6(12(24)25)2-8(15)20/h5-6H,1-4,13H2,(H2,14,19)(H2,15,20)(H,16,21)(H,17,22)(H,18,23)(H,24,25). The number of nitrogens with two attached hydrogens (primary N) is 3. The second-order valence-corrected chi connectivity index (χ2v) is 4.84. The number of nitrogens with one attached hydrogen (secondary N) is 3. The summed E-state index contributed by atoms with van der Waals surface area (Å²) in [6.45, 7) is -0.881. The summed E-state index contributed by atoms with van der Waals surface area (Å²) in [4.78, 5) is 67.5. The van der Waals surface area contributed by atoms with Crippen molar-refractivity contribution in [2.24, 2.45) is 17.2 Å². The average molecular weight is 360 g/mol. The van der Waals surface area contributed by atoms with Crippen molar-refractivity contribution < 1.29 is 33.9 Å². The van der Waals surface area contributed by atoms with Crippen LogP contribution in [0.4, 0.5) is 0 Å².